The summed E-state index contributed by atoms with van der Waals surface area (Å²) in [5.41, 5.74) is 4.27. The highest BCUT2D eigenvalue weighted by Gasteiger charge is 2.31. The van der Waals surface area contributed by atoms with Crippen LogP contribution < -0.4 is 5.73 Å². The van der Waals surface area contributed by atoms with Gasteiger partial charge in [0.25, 0.3) is 0 Å². The first-order chi connectivity index (χ1) is 4.65. The number of amidine groups is 1. The van der Waals surface area contributed by atoms with Crippen LogP contribution in [0.1, 0.15) is 32.1 Å². The predicted octanol–water partition coefficient (Wildman–Crippen LogP) is 1.04. The maximum atomic E-state index is 9.60. The Balaban J connectivity index is 0.000001000. The van der Waals surface area contributed by atoms with Crippen LogP contribution in [0.3, 0.4) is 0 Å². The number of hydrogen-bond acceptors (Lipinski definition) is 2. The molecule has 1 rings (SSSR count). The second kappa shape index (κ2) is 3.93. The van der Waals surface area contributed by atoms with Gasteiger partial charge in [-0.05, 0) is 12.8 Å². The van der Waals surface area contributed by atoms with Crippen molar-refractivity contribution in [2.75, 3.05) is 0 Å². The summed E-state index contributed by atoms with van der Waals surface area (Å²) in [5.74, 6) is -0.0628. The van der Waals surface area contributed by atoms with Gasteiger partial charge < -0.3 is 10.8 Å². The molecule has 1 aliphatic rings. The molecule has 3 nitrogen and oxygen atoms in total. The van der Waals surface area contributed by atoms with Crippen molar-refractivity contribution in [1.29, 1.82) is 5.41 Å². The molecule has 0 saturated heterocycles. The molecule has 4 heteroatoms. The lowest BCUT2D eigenvalue weighted by atomic mass is 9.84. The zero-order valence-corrected chi connectivity index (χ0v) is 7.28. The van der Waals surface area contributed by atoms with Gasteiger partial charge in [-0.1, -0.05) is 19.3 Å². The molecular weight excluding hydrogens is 164 g/mol. The normalized spacial score (nSPS) is 21.9. The van der Waals surface area contributed by atoms with Crippen LogP contribution in [0.15, 0.2) is 0 Å². The third-order valence-corrected chi connectivity index (χ3v) is 2.18. The molecule has 11 heavy (non-hydrogen) atoms. The van der Waals surface area contributed by atoms with E-state index >= 15 is 0 Å². The molecule has 1 aliphatic carbocycles. The lowest BCUT2D eigenvalue weighted by Gasteiger charge is -2.30. The second-order valence-corrected chi connectivity index (χ2v) is 3.01. The number of nitrogens with two attached hydrogens (primary N) is 1. The van der Waals surface area contributed by atoms with Crippen LogP contribution in [0.2, 0.25) is 0 Å². The number of aliphatic hydroxyl groups is 1. The molecule has 66 valence electrons. The van der Waals surface area contributed by atoms with Gasteiger partial charge in [-0.2, -0.15) is 0 Å². The van der Waals surface area contributed by atoms with Gasteiger partial charge in [0.1, 0.15) is 11.4 Å². The second-order valence-electron chi connectivity index (χ2n) is 3.01. The molecule has 1 saturated carbocycles. The van der Waals surface area contributed by atoms with Gasteiger partial charge in [-0.15, -0.1) is 12.4 Å². The molecule has 0 radical (unpaired) electrons. The van der Waals surface area contributed by atoms with Crippen LogP contribution in [-0.4, -0.2) is 16.5 Å². The minimum atomic E-state index is -0.960. The predicted molar refractivity (Wildman–Crippen MR) is 47.2 cm³/mol. The van der Waals surface area contributed by atoms with E-state index in [1.54, 1.807) is 0 Å². The SMILES string of the molecule is Cl.N=C(N)C1(O)CCCCC1. The standard InChI is InChI=1S/C7H14N2O.ClH/c8-6(9)7(10)4-2-1-3-5-7;/h10H,1-5H2,(H3,8,9);1H. The summed E-state index contributed by atoms with van der Waals surface area (Å²) in [6, 6.07) is 0. The molecule has 0 aromatic carbocycles. The first-order valence-electron chi connectivity index (χ1n) is 3.72. The molecule has 0 aromatic rings. The Morgan fingerprint density at radius 1 is 1.27 bits per heavy atom. The first kappa shape index (κ1) is 10.7. The Labute approximate surface area is 72.9 Å². The maximum absolute atomic E-state index is 9.60. The third kappa shape index (κ3) is 2.34. The van der Waals surface area contributed by atoms with E-state index in [9.17, 15) is 5.11 Å². The van der Waals surface area contributed by atoms with E-state index in [1.165, 1.54) is 0 Å². The summed E-state index contributed by atoms with van der Waals surface area (Å²) in [6.45, 7) is 0. The molecule has 0 unspecified atom stereocenters. The summed E-state index contributed by atoms with van der Waals surface area (Å²) in [6.07, 6.45) is 4.49. The molecule has 0 atom stereocenters. The van der Waals surface area contributed by atoms with Crippen LogP contribution in [0.4, 0.5) is 0 Å². The van der Waals surface area contributed by atoms with Crippen molar-refractivity contribution in [3.63, 3.8) is 0 Å². The minimum absolute atomic E-state index is 0. The molecule has 0 amide bonds. The highest BCUT2D eigenvalue weighted by molar-refractivity contribution is 5.86. The fraction of sp³-hybridized carbons (Fsp3) is 0.857. The fourth-order valence-electron chi connectivity index (χ4n) is 1.41. The topological polar surface area (TPSA) is 70.1 Å². The van der Waals surface area contributed by atoms with Crippen LogP contribution in [0.5, 0.6) is 0 Å². The van der Waals surface area contributed by atoms with E-state index in [-0.39, 0.29) is 18.2 Å². The smallest absolute Gasteiger partial charge is 0.123 e. The molecule has 0 spiro atoms. The van der Waals surface area contributed by atoms with Crippen LogP contribution >= 0.6 is 12.4 Å². The molecule has 0 aliphatic heterocycles. The van der Waals surface area contributed by atoms with Crippen molar-refractivity contribution >= 4 is 18.2 Å². The zero-order valence-electron chi connectivity index (χ0n) is 6.47. The average molecular weight is 179 g/mol. The van der Waals surface area contributed by atoms with Crippen molar-refractivity contribution in [2.45, 2.75) is 37.7 Å². The van der Waals surface area contributed by atoms with Gasteiger partial charge in [0.2, 0.25) is 0 Å². The fourth-order valence-corrected chi connectivity index (χ4v) is 1.41. The van der Waals surface area contributed by atoms with Gasteiger partial charge in [-0.25, -0.2) is 0 Å². The highest BCUT2D eigenvalue weighted by Crippen LogP contribution is 2.27. The average Bonchev–Trinajstić information content (AvgIpc) is 1.89. The van der Waals surface area contributed by atoms with Gasteiger partial charge >= 0.3 is 0 Å². The number of nitrogens with one attached hydrogen (secondary N) is 1. The van der Waals surface area contributed by atoms with Crippen LogP contribution in [0.25, 0.3) is 0 Å². The Morgan fingerprint density at radius 3 is 2.00 bits per heavy atom. The molecule has 0 bridgehead atoms. The van der Waals surface area contributed by atoms with Crippen molar-refractivity contribution in [2.24, 2.45) is 5.73 Å². The Morgan fingerprint density at radius 2 is 1.73 bits per heavy atom. The van der Waals surface area contributed by atoms with Gasteiger partial charge in [0, 0.05) is 0 Å². The lowest BCUT2D eigenvalue weighted by molar-refractivity contribution is 0.0689. The number of hydrogen-bond donors (Lipinski definition) is 3. The highest BCUT2D eigenvalue weighted by atomic mass is 35.5. The maximum Gasteiger partial charge on any atom is 0.123 e. The summed E-state index contributed by atoms with van der Waals surface area (Å²) in [7, 11) is 0. The van der Waals surface area contributed by atoms with Crippen LogP contribution in [-0.2, 0) is 0 Å². The van der Waals surface area contributed by atoms with Crippen LogP contribution in [0, 0.1) is 5.41 Å². The Hall–Kier alpha value is -0.280. The first-order valence-corrected chi connectivity index (χ1v) is 3.72. The number of halogens is 1. The Kier molecular flexibility index (Phi) is 3.83. The molecule has 0 aromatic heterocycles. The Bertz CT molecular complexity index is 143. The zero-order chi connectivity index (χ0) is 7.61. The lowest BCUT2D eigenvalue weighted by Crippen LogP contribution is -2.44. The van der Waals surface area contributed by atoms with E-state index < -0.39 is 5.60 Å². The quantitative estimate of drug-likeness (QED) is 0.415. The van der Waals surface area contributed by atoms with E-state index in [4.69, 9.17) is 11.1 Å². The third-order valence-electron chi connectivity index (χ3n) is 2.18. The largest absolute Gasteiger partial charge is 0.385 e. The van der Waals surface area contributed by atoms with Crippen molar-refractivity contribution in [1.82, 2.24) is 0 Å². The number of rotatable bonds is 1. The van der Waals surface area contributed by atoms with E-state index in [0.29, 0.717) is 12.8 Å². The van der Waals surface area contributed by atoms with E-state index in [0.717, 1.165) is 19.3 Å². The van der Waals surface area contributed by atoms with Crippen molar-refractivity contribution in [3.05, 3.63) is 0 Å². The van der Waals surface area contributed by atoms with E-state index in [1.807, 2.05) is 0 Å². The van der Waals surface area contributed by atoms with Gasteiger partial charge in [0.05, 0.1) is 0 Å². The molecule has 1 fully saturated rings. The molecule has 0 heterocycles. The van der Waals surface area contributed by atoms with Crippen molar-refractivity contribution in [3.8, 4) is 0 Å². The van der Waals surface area contributed by atoms with Gasteiger partial charge in [-0.3, -0.25) is 5.41 Å². The van der Waals surface area contributed by atoms with E-state index in [2.05, 4.69) is 0 Å². The molecule has 4 N–H and O–H groups in total. The summed E-state index contributed by atoms with van der Waals surface area (Å²) in [4.78, 5) is 0. The molecular formula is C7H15ClN2O. The monoisotopic (exact) mass is 178 g/mol. The minimum Gasteiger partial charge on any atom is -0.385 e. The summed E-state index contributed by atoms with van der Waals surface area (Å²) < 4.78 is 0. The summed E-state index contributed by atoms with van der Waals surface area (Å²) in [5, 5.41) is 16.7. The van der Waals surface area contributed by atoms with Crippen molar-refractivity contribution < 1.29 is 5.11 Å². The van der Waals surface area contributed by atoms with Gasteiger partial charge in [0.15, 0.2) is 0 Å². The summed E-state index contributed by atoms with van der Waals surface area (Å²) >= 11 is 0.